The number of nitrogens with zero attached hydrogens (tertiary/aromatic N) is 1. The van der Waals surface area contributed by atoms with Crippen molar-refractivity contribution in [3.8, 4) is 6.07 Å². The summed E-state index contributed by atoms with van der Waals surface area (Å²) < 4.78 is 0. The predicted octanol–water partition coefficient (Wildman–Crippen LogP) is 5.30. The van der Waals surface area contributed by atoms with Crippen LogP contribution >= 0.6 is 35.0 Å². The number of hydrogen-bond acceptors (Lipinski definition) is 2. The standard InChI is InChI=1S/C15H11Cl2NS/c16-14-5-4-13(15(17)7-14)10-19-9-12-3-1-2-11(6-12)8-18/h1-7H,9-10H2. The Balaban J connectivity index is 1.94. The van der Waals surface area contributed by atoms with Gasteiger partial charge in [-0.3, -0.25) is 0 Å². The third-order valence-corrected chi connectivity index (χ3v) is 4.24. The summed E-state index contributed by atoms with van der Waals surface area (Å²) in [5.41, 5.74) is 2.92. The predicted molar refractivity (Wildman–Crippen MR) is 82.6 cm³/mol. The molecule has 0 saturated carbocycles. The first-order chi connectivity index (χ1) is 9.19. The number of thioether (sulfide) groups is 1. The maximum atomic E-state index is 8.84. The maximum Gasteiger partial charge on any atom is 0.0991 e. The second kappa shape index (κ2) is 6.86. The first-order valence-corrected chi connectivity index (χ1v) is 7.61. The van der Waals surface area contributed by atoms with Crippen molar-refractivity contribution in [2.45, 2.75) is 11.5 Å². The first-order valence-electron chi connectivity index (χ1n) is 5.70. The van der Waals surface area contributed by atoms with Crippen molar-refractivity contribution in [1.82, 2.24) is 0 Å². The minimum absolute atomic E-state index is 0.653. The van der Waals surface area contributed by atoms with Crippen LogP contribution in [-0.2, 0) is 11.5 Å². The Bertz CT molecular complexity index is 620. The van der Waals surface area contributed by atoms with Gasteiger partial charge in [0.15, 0.2) is 0 Å². The van der Waals surface area contributed by atoms with Gasteiger partial charge in [0.05, 0.1) is 11.6 Å². The second-order valence-corrected chi connectivity index (χ2v) is 5.87. The molecular weight excluding hydrogens is 297 g/mol. The summed E-state index contributed by atoms with van der Waals surface area (Å²) in [4.78, 5) is 0. The molecule has 0 aromatic heterocycles. The molecule has 0 aliphatic carbocycles. The third-order valence-electron chi connectivity index (χ3n) is 2.60. The van der Waals surface area contributed by atoms with Crippen LogP contribution in [0.15, 0.2) is 42.5 Å². The highest BCUT2D eigenvalue weighted by molar-refractivity contribution is 7.97. The quantitative estimate of drug-likeness (QED) is 0.765. The Morgan fingerprint density at radius 1 is 1.05 bits per heavy atom. The second-order valence-electron chi connectivity index (χ2n) is 4.04. The van der Waals surface area contributed by atoms with Gasteiger partial charge < -0.3 is 0 Å². The molecule has 0 radical (unpaired) electrons. The number of halogens is 2. The van der Waals surface area contributed by atoms with E-state index in [1.807, 2.05) is 36.4 Å². The average molecular weight is 308 g/mol. The fraction of sp³-hybridized carbons (Fsp3) is 0.133. The van der Waals surface area contributed by atoms with Gasteiger partial charge in [0.1, 0.15) is 0 Å². The van der Waals surface area contributed by atoms with Crippen LogP contribution in [0.2, 0.25) is 10.0 Å². The molecule has 4 heteroatoms. The van der Waals surface area contributed by atoms with E-state index in [1.54, 1.807) is 17.8 Å². The van der Waals surface area contributed by atoms with Gasteiger partial charge in [-0.25, -0.2) is 0 Å². The summed E-state index contributed by atoms with van der Waals surface area (Å²) >= 11 is 13.7. The third kappa shape index (κ3) is 4.18. The molecular formula is C15H11Cl2NS. The molecule has 0 amide bonds. The molecule has 0 atom stereocenters. The van der Waals surface area contributed by atoms with Gasteiger partial charge in [0, 0.05) is 21.6 Å². The van der Waals surface area contributed by atoms with Gasteiger partial charge >= 0.3 is 0 Å². The Hall–Kier alpha value is -1.14. The van der Waals surface area contributed by atoms with Gasteiger partial charge in [0.2, 0.25) is 0 Å². The smallest absolute Gasteiger partial charge is 0.0991 e. The summed E-state index contributed by atoms with van der Waals surface area (Å²) in [5.74, 6) is 1.68. The lowest BCUT2D eigenvalue weighted by Gasteiger charge is -2.05. The van der Waals surface area contributed by atoms with E-state index in [9.17, 15) is 0 Å². The van der Waals surface area contributed by atoms with Crippen molar-refractivity contribution in [2.75, 3.05) is 0 Å². The largest absolute Gasteiger partial charge is 0.192 e. The lowest BCUT2D eigenvalue weighted by Crippen LogP contribution is -1.86. The first kappa shape index (κ1) is 14.3. The molecule has 0 saturated heterocycles. The number of nitriles is 1. The van der Waals surface area contributed by atoms with Crippen LogP contribution in [0.25, 0.3) is 0 Å². The minimum atomic E-state index is 0.653. The van der Waals surface area contributed by atoms with Crippen molar-refractivity contribution in [1.29, 1.82) is 5.26 Å². The SMILES string of the molecule is N#Cc1cccc(CSCc2ccc(Cl)cc2Cl)c1. The summed E-state index contributed by atoms with van der Waals surface area (Å²) in [7, 11) is 0. The van der Waals surface area contributed by atoms with Crippen LogP contribution in [0.1, 0.15) is 16.7 Å². The van der Waals surface area contributed by atoms with Crippen LogP contribution in [0.3, 0.4) is 0 Å². The molecule has 19 heavy (non-hydrogen) atoms. The van der Waals surface area contributed by atoms with E-state index >= 15 is 0 Å². The van der Waals surface area contributed by atoms with Gasteiger partial charge in [-0.05, 0) is 35.4 Å². The lowest BCUT2D eigenvalue weighted by molar-refractivity contribution is 1.35. The fourth-order valence-corrected chi connectivity index (χ4v) is 3.19. The van der Waals surface area contributed by atoms with Crippen molar-refractivity contribution >= 4 is 35.0 Å². The molecule has 1 nitrogen and oxygen atoms in total. The fourth-order valence-electron chi connectivity index (χ4n) is 1.65. The molecule has 0 aliphatic rings. The molecule has 2 aromatic carbocycles. The zero-order chi connectivity index (χ0) is 13.7. The van der Waals surface area contributed by atoms with Crippen LogP contribution in [0, 0.1) is 11.3 Å². The van der Waals surface area contributed by atoms with Crippen molar-refractivity contribution < 1.29 is 0 Å². The average Bonchev–Trinajstić information content (AvgIpc) is 2.41. The van der Waals surface area contributed by atoms with Gasteiger partial charge in [0.25, 0.3) is 0 Å². The minimum Gasteiger partial charge on any atom is -0.192 e. The van der Waals surface area contributed by atoms with E-state index in [-0.39, 0.29) is 0 Å². The van der Waals surface area contributed by atoms with Gasteiger partial charge in [-0.15, -0.1) is 0 Å². The Labute approximate surface area is 127 Å². The highest BCUT2D eigenvalue weighted by atomic mass is 35.5. The Morgan fingerprint density at radius 2 is 1.89 bits per heavy atom. The van der Waals surface area contributed by atoms with Crippen LogP contribution in [-0.4, -0.2) is 0 Å². The van der Waals surface area contributed by atoms with Crippen LogP contribution < -0.4 is 0 Å². The van der Waals surface area contributed by atoms with E-state index in [4.69, 9.17) is 28.5 Å². The zero-order valence-corrected chi connectivity index (χ0v) is 12.4. The van der Waals surface area contributed by atoms with Crippen molar-refractivity contribution in [2.24, 2.45) is 0 Å². The molecule has 0 fully saturated rings. The number of rotatable bonds is 4. The van der Waals surface area contributed by atoms with Crippen LogP contribution in [0.5, 0.6) is 0 Å². The topological polar surface area (TPSA) is 23.8 Å². The van der Waals surface area contributed by atoms with Crippen molar-refractivity contribution in [3.05, 3.63) is 69.2 Å². The van der Waals surface area contributed by atoms with Gasteiger partial charge in [-0.2, -0.15) is 17.0 Å². The summed E-state index contributed by atoms with van der Waals surface area (Å²) in [6, 6.07) is 15.4. The van der Waals surface area contributed by atoms with Crippen molar-refractivity contribution in [3.63, 3.8) is 0 Å². The van der Waals surface area contributed by atoms with E-state index < -0.39 is 0 Å². The molecule has 2 rings (SSSR count). The van der Waals surface area contributed by atoms with E-state index in [1.165, 1.54) is 0 Å². The van der Waals surface area contributed by atoms with E-state index in [0.717, 1.165) is 22.6 Å². The maximum absolute atomic E-state index is 8.84. The number of hydrogen-bond donors (Lipinski definition) is 0. The monoisotopic (exact) mass is 307 g/mol. The molecule has 0 N–H and O–H groups in total. The van der Waals surface area contributed by atoms with Gasteiger partial charge in [-0.1, -0.05) is 41.4 Å². The zero-order valence-electron chi connectivity index (χ0n) is 10.1. The normalized spacial score (nSPS) is 10.2. The Kier molecular flexibility index (Phi) is 5.15. The Morgan fingerprint density at radius 3 is 2.63 bits per heavy atom. The molecule has 0 bridgehead atoms. The molecule has 0 heterocycles. The summed E-state index contributed by atoms with van der Waals surface area (Å²) in [5, 5.41) is 10.2. The summed E-state index contributed by atoms with van der Waals surface area (Å²) in [6.07, 6.45) is 0. The van der Waals surface area contributed by atoms with Crippen LogP contribution in [0.4, 0.5) is 0 Å². The molecule has 2 aromatic rings. The summed E-state index contributed by atoms with van der Waals surface area (Å²) in [6.45, 7) is 0. The van der Waals surface area contributed by atoms with E-state index in [0.29, 0.717) is 15.6 Å². The van der Waals surface area contributed by atoms with E-state index in [2.05, 4.69) is 6.07 Å². The highest BCUT2D eigenvalue weighted by Crippen LogP contribution is 2.26. The molecule has 0 unspecified atom stereocenters. The molecule has 0 aliphatic heterocycles. The highest BCUT2D eigenvalue weighted by Gasteiger charge is 2.02. The molecule has 96 valence electrons. The lowest BCUT2D eigenvalue weighted by atomic mass is 10.2. The number of benzene rings is 2. The molecule has 0 spiro atoms.